The smallest absolute Gasteiger partial charge is 0.253 e. The molecule has 120 valence electrons. The van der Waals surface area contributed by atoms with Gasteiger partial charge in [-0.05, 0) is 42.3 Å². The number of thioether (sulfide) groups is 1. The lowest BCUT2D eigenvalue weighted by atomic mass is 10.1. The molecule has 1 aliphatic rings. The summed E-state index contributed by atoms with van der Waals surface area (Å²) in [5, 5.41) is 9.18. The Labute approximate surface area is 140 Å². The minimum atomic E-state index is 0.0600. The zero-order valence-electron chi connectivity index (χ0n) is 12.9. The highest BCUT2D eigenvalue weighted by Gasteiger charge is 2.26. The first-order valence-electron chi connectivity index (χ1n) is 7.78. The fourth-order valence-corrected chi connectivity index (χ4v) is 3.53. The van der Waals surface area contributed by atoms with Crippen molar-refractivity contribution in [1.82, 2.24) is 9.88 Å². The standard InChI is InChI=1S/C18H20N2O2S/c21-12-15-7-9-20(11-15)18(22)16-3-5-17(6-4-16)23-13-14-2-1-8-19-10-14/h1-6,8,10,15,21H,7,9,11-13H2. The zero-order valence-corrected chi connectivity index (χ0v) is 13.7. The van der Waals surface area contributed by atoms with Crippen LogP contribution in [-0.2, 0) is 5.75 Å². The number of carbonyl (C=O) groups is 1. The molecular weight excluding hydrogens is 308 g/mol. The molecule has 1 aromatic heterocycles. The van der Waals surface area contributed by atoms with Crippen LogP contribution in [0.3, 0.4) is 0 Å². The van der Waals surface area contributed by atoms with E-state index in [1.54, 1.807) is 18.0 Å². The fraction of sp³-hybridized carbons (Fsp3) is 0.333. The van der Waals surface area contributed by atoms with Crippen molar-refractivity contribution in [2.45, 2.75) is 17.1 Å². The Kier molecular flexibility index (Phi) is 5.31. The van der Waals surface area contributed by atoms with Crippen LogP contribution in [0.2, 0.25) is 0 Å². The number of benzene rings is 1. The quantitative estimate of drug-likeness (QED) is 0.858. The minimum Gasteiger partial charge on any atom is -0.396 e. The van der Waals surface area contributed by atoms with E-state index < -0.39 is 0 Å². The van der Waals surface area contributed by atoms with Gasteiger partial charge in [-0.3, -0.25) is 9.78 Å². The topological polar surface area (TPSA) is 53.4 Å². The van der Waals surface area contributed by atoms with Crippen LogP contribution in [0.15, 0.2) is 53.7 Å². The summed E-state index contributed by atoms with van der Waals surface area (Å²) in [5.41, 5.74) is 1.90. The average molecular weight is 328 g/mol. The van der Waals surface area contributed by atoms with Gasteiger partial charge in [0.25, 0.3) is 5.91 Å². The number of aliphatic hydroxyl groups is 1. The number of likely N-dealkylation sites (tertiary alicyclic amines) is 1. The molecule has 0 radical (unpaired) electrons. The summed E-state index contributed by atoms with van der Waals surface area (Å²) in [4.78, 5) is 19.5. The predicted molar refractivity (Wildman–Crippen MR) is 91.3 cm³/mol. The fourth-order valence-electron chi connectivity index (χ4n) is 2.69. The highest BCUT2D eigenvalue weighted by atomic mass is 32.2. The van der Waals surface area contributed by atoms with E-state index >= 15 is 0 Å². The van der Waals surface area contributed by atoms with E-state index in [4.69, 9.17) is 0 Å². The number of amides is 1. The van der Waals surface area contributed by atoms with E-state index in [-0.39, 0.29) is 18.4 Å². The third-order valence-corrected chi connectivity index (χ3v) is 5.14. The number of carbonyl (C=O) groups excluding carboxylic acids is 1. The van der Waals surface area contributed by atoms with Gasteiger partial charge in [0.05, 0.1) is 0 Å². The van der Waals surface area contributed by atoms with E-state index in [1.165, 1.54) is 5.56 Å². The maximum Gasteiger partial charge on any atom is 0.253 e. The summed E-state index contributed by atoms with van der Waals surface area (Å²) in [7, 11) is 0. The van der Waals surface area contributed by atoms with Gasteiger partial charge in [0.2, 0.25) is 0 Å². The molecule has 2 aromatic rings. The van der Waals surface area contributed by atoms with Crippen molar-refractivity contribution >= 4 is 17.7 Å². The van der Waals surface area contributed by atoms with Crippen LogP contribution in [-0.4, -0.2) is 40.6 Å². The summed E-state index contributed by atoms with van der Waals surface area (Å²) >= 11 is 1.73. The molecule has 0 bridgehead atoms. The third kappa shape index (κ3) is 4.12. The molecule has 3 rings (SSSR count). The first-order valence-corrected chi connectivity index (χ1v) is 8.76. The highest BCUT2D eigenvalue weighted by Crippen LogP contribution is 2.24. The van der Waals surface area contributed by atoms with Gasteiger partial charge in [0, 0.05) is 54.2 Å². The van der Waals surface area contributed by atoms with Crippen molar-refractivity contribution in [3.63, 3.8) is 0 Å². The lowest BCUT2D eigenvalue weighted by Crippen LogP contribution is -2.29. The second-order valence-corrected chi connectivity index (χ2v) is 6.81. The van der Waals surface area contributed by atoms with E-state index in [0.717, 1.165) is 23.6 Å². The van der Waals surface area contributed by atoms with Gasteiger partial charge in [-0.25, -0.2) is 0 Å². The molecule has 1 aliphatic heterocycles. The van der Waals surface area contributed by atoms with E-state index in [1.807, 2.05) is 41.4 Å². The molecule has 0 spiro atoms. The van der Waals surface area contributed by atoms with E-state index in [2.05, 4.69) is 11.1 Å². The van der Waals surface area contributed by atoms with Gasteiger partial charge in [-0.2, -0.15) is 0 Å². The molecule has 2 heterocycles. The Morgan fingerprint density at radius 3 is 2.78 bits per heavy atom. The molecule has 1 aromatic carbocycles. The monoisotopic (exact) mass is 328 g/mol. The van der Waals surface area contributed by atoms with Crippen LogP contribution in [0.25, 0.3) is 0 Å². The molecular formula is C18H20N2O2S. The Morgan fingerprint density at radius 1 is 1.30 bits per heavy atom. The van der Waals surface area contributed by atoms with Crippen molar-refractivity contribution in [3.05, 3.63) is 59.9 Å². The third-order valence-electron chi connectivity index (χ3n) is 4.06. The number of hydrogen-bond donors (Lipinski definition) is 1. The Balaban J connectivity index is 1.57. The van der Waals surface area contributed by atoms with Crippen LogP contribution < -0.4 is 0 Å². The maximum atomic E-state index is 12.4. The summed E-state index contributed by atoms with van der Waals surface area (Å²) in [5.74, 6) is 1.16. The number of nitrogens with zero attached hydrogens (tertiary/aromatic N) is 2. The average Bonchev–Trinajstić information content (AvgIpc) is 3.10. The SMILES string of the molecule is O=C(c1ccc(SCc2cccnc2)cc1)N1CCC(CO)C1. The normalized spacial score (nSPS) is 17.4. The molecule has 1 fully saturated rings. The second kappa shape index (κ2) is 7.62. The summed E-state index contributed by atoms with van der Waals surface area (Å²) in [6, 6.07) is 11.8. The van der Waals surface area contributed by atoms with Crippen molar-refractivity contribution in [2.24, 2.45) is 5.92 Å². The molecule has 4 nitrogen and oxygen atoms in total. The summed E-state index contributed by atoms with van der Waals surface area (Å²) in [6.45, 7) is 1.56. The van der Waals surface area contributed by atoms with Crippen molar-refractivity contribution < 1.29 is 9.90 Å². The number of aromatic nitrogens is 1. The molecule has 1 N–H and O–H groups in total. The number of pyridine rings is 1. The largest absolute Gasteiger partial charge is 0.396 e. The van der Waals surface area contributed by atoms with E-state index in [0.29, 0.717) is 12.1 Å². The van der Waals surface area contributed by atoms with Crippen molar-refractivity contribution in [2.75, 3.05) is 19.7 Å². The molecule has 0 saturated carbocycles. The first-order chi connectivity index (χ1) is 11.3. The molecule has 23 heavy (non-hydrogen) atoms. The van der Waals surface area contributed by atoms with Crippen LogP contribution in [0.4, 0.5) is 0 Å². The first kappa shape index (κ1) is 16.0. The summed E-state index contributed by atoms with van der Waals surface area (Å²) < 4.78 is 0. The second-order valence-electron chi connectivity index (χ2n) is 5.76. The Bertz CT molecular complexity index is 646. The minimum absolute atomic E-state index is 0.0600. The van der Waals surface area contributed by atoms with Gasteiger partial charge >= 0.3 is 0 Å². The van der Waals surface area contributed by atoms with Gasteiger partial charge in [0.15, 0.2) is 0 Å². The van der Waals surface area contributed by atoms with Crippen LogP contribution in [0, 0.1) is 5.92 Å². The predicted octanol–water partition coefficient (Wildman–Crippen LogP) is 2.83. The lowest BCUT2D eigenvalue weighted by Gasteiger charge is -2.16. The van der Waals surface area contributed by atoms with Gasteiger partial charge in [-0.1, -0.05) is 6.07 Å². The molecule has 1 saturated heterocycles. The van der Waals surface area contributed by atoms with Gasteiger partial charge in [-0.15, -0.1) is 11.8 Å². The zero-order chi connectivity index (χ0) is 16.1. The van der Waals surface area contributed by atoms with Crippen LogP contribution >= 0.6 is 11.8 Å². The van der Waals surface area contributed by atoms with Crippen molar-refractivity contribution in [1.29, 1.82) is 0 Å². The molecule has 1 amide bonds. The number of aliphatic hydroxyl groups excluding tert-OH is 1. The highest BCUT2D eigenvalue weighted by molar-refractivity contribution is 7.98. The maximum absolute atomic E-state index is 12.4. The van der Waals surface area contributed by atoms with Crippen molar-refractivity contribution in [3.8, 4) is 0 Å². The molecule has 1 unspecified atom stereocenters. The van der Waals surface area contributed by atoms with Gasteiger partial charge < -0.3 is 10.0 Å². The lowest BCUT2D eigenvalue weighted by molar-refractivity contribution is 0.0782. The number of hydrogen-bond acceptors (Lipinski definition) is 4. The number of rotatable bonds is 5. The Morgan fingerprint density at radius 2 is 2.13 bits per heavy atom. The van der Waals surface area contributed by atoms with E-state index in [9.17, 15) is 9.90 Å². The molecule has 0 aliphatic carbocycles. The van der Waals surface area contributed by atoms with Crippen LogP contribution in [0.1, 0.15) is 22.3 Å². The summed E-state index contributed by atoms with van der Waals surface area (Å²) in [6.07, 6.45) is 4.53. The van der Waals surface area contributed by atoms with Gasteiger partial charge in [0.1, 0.15) is 0 Å². The molecule has 1 atom stereocenters. The van der Waals surface area contributed by atoms with Crippen LogP contribution in [0.5, 0.6) is 0 Å². The Hall–Kier alpha value is -1.85. The molecule has 5 heteroatoms.